The molecule has 0 aromatic rings. The summed E-state index contributed by atoms with van der Waals surface area (Å²) in [7, 11) is 0. The Morgan fingerprint density at radius 3 is 2.64 bits per heavy atom. The van der Waals surface area contributed by atoms with E-state index < -0.39 is 12.0 Å². The minimum atomic E-state index is -0.983. The monoisotopic (exact) mass is 175 g/mol. The molecule has 0 aliphatic rings. The Labute approximate surface area is 71.6 Å². The highest BCUT2D eigenvalue weighted by Gasteiger charge is 2.12. The Hall–Kier alpha value is -0.480. The lowest BCUT2D eigenvalue weighted by Crippen LogP contribution is -2.32. The fraction of sp³-hybridized carbons (Fsp3) is 0.714. The van der Waals surface area contributed by atoms with Crippen LogP contribution in [0.25, 0.3) is 0 Å². The number of hydrogen-bond acceptors (Lipinski definition) is 3. The predicted molar refractivity (Wildman–Crippen MR) is 47.7 cm³/mol. The Morgan fingerprint density at radius 1 is 1.73 bits per heavy atom. The molecular formula is C7H13NO2S. The van der Waals surface area contributed by atoms with E-state index in [2.05, 4.69) is 0 Å². The second-order valence-electron chi connectivity index (χ2n) is 2.44. The minimum absolute atomic E-state index is 0.318. The number of rotatable bonds is 5. The average Bonchev–Trinajstić information content (AvgIpc) is 1.87. The molecule has 0 aliphatic carbocycles. The summed E-state index contributed by atoms with van der Waals surface area (Å²) in [5.41, 5.74) is 5.26. The summed E-state index contributed by atoms with van der Waals surface area (Å²) in [5, 5.41) is 8.41. The van der Waals surface area contributed by atoms with E-state index in [1.807, 2.05) is 6.92 Å². The molecule has 1 atom stereocenters. The summed E-state index contributed by atoms with van der Waals surface area (Å²) in [6.07, 6.45) is 2.06. The van der Waals surface area contributed by atoms with Crippen LogP contribution in [0.5, 0.6) is 0 Å². The molecule has 0 amide bonds. The van der Waals surface area contributed by atoms with Crippen LogP contribution in [0.2, 0.25) is 0 Å². The lowest BCUT2D eigenvalue weighted by Gasteiger charge is -2.05. The number of aliphatic carboxylic acids is 1. The van der Waals surface area contributed by atoms with Gasteiger partial charge >= 0.3 is 5.97 Å². The van der Waals surface area contributed by atoms with Crippen molar-refractivity contribution >= 4 is 23.1 Å². The van der Waals surface area contributed by atoms with E-state index in [0.29, 0.717) is 6.42 Å². The van der Waals surface area contributed by atoms with E-state index >= 15 is 0 Å². The van der Waals surface area contributed by atoms with Gasteiger partial charge in [-0.25, -0.2) is 0 Å². The van der Waals surface area contributed by atoms with Gasteiger partial charge in [-0.15, -0.1) is 0 Å². The average molecular weight is 175 g/mol. The number of nitrogens with two attached hydrogens (primary N) is 1. The largest absolute Gasteiger partial charge is 0.480 e. The van der Waals surface area contributed by atoms with Crippen molar-refractivity contribution in [3.05, 3.63) is 0 Å². The smallest absolute Gasteiger partial charge is 0.320 e. The zero-order valence-electron chi connectivity index (χ0n) is 6.54. The van der Waals surface area contributed by atoms with E-state index in [-0.39, 0.29) is 0 Å². The molecule has 0 saturated heterocycles. The molecule has 0 bridgehead atoms. The van der Waals surface area contributed by atoms with Crippen LogP contribution in [0, 0.1) is 0 Å². The predicted octanol–water partition coefficient (Wildman–Crippen LogP) is 0.958. The molecule has 11 heavy (non-hydrogen) atoms. The van der Waals surface area contributed by atoms with Gasteiger partial charge in [0.2, 0.25) is 0 Å². The summed E-state index contributed by atoms with van der Waals surface area (Å²) in [4.78, 5) is 11.0. The fourth-order valence-electron chi connectivity index (χ4n) is 0.713. The van der Waals surface area contributed by atoms with Gasteiger partial charge in [0, 0.05) is 6.42 Å². The van der Waals surface area contributed by atoms with Crippen LogP contribution in [0.15, 0.2) is 0 Å². The van der Waals surface area contributed by atoms with Gasteiger partial charge in [0.1, 0.15) is 6.04 Å². The SMILES string of the molecule is CCCC(=S)C[C@H](N)C(=O)O. The zero-order chi connectivity index (χ0) is 8.85. The first-order valence-electron chi connectivity index (χ1n) is 3.58. The van der Waals surface area contributed by atoms with Crippen molar-refractivity contribution in [1.82, 2.24) is 0 Å². The molecule has 0 fully saturated rings. The summed E-state index contributed by atoms with van der Waals surface area (Å²) < 4.78 is 0. The van der Waals surface area contributed by atoms with Gasteiger partial charge in [-0.2, -0.15) is 0 Å². The molecule has 0 heterocycles. The lowest BCUT2D eigenvalue weighted by molar-refractivity contribution is -0.138. The van der Waals surface area contributed by atoms with Gasteiger partial charge in [-0.3, -0.25) is 4.79 Å². The minimum Gasteiger partial charge on any atom is -0.480 e. The third kappa shape index (κ3) is 4.86. The normalized spacial score (nSPS) is 12.5. The van der Waals surface area contributed by atoms with Crippen LogP contribution in [0.3, 0.4) is 0 Å². The van der Waals surface area contributed by atoms with Gasteiger partial charge in [-0.05, 0) is 11.3 Å². The molecule has 0 unspecified atom stereocenters. The fourth-order valence-corrected chi connectivity index (χ4v) is 1.10. The van der Waals surface area contributed by atoms with E-state index in [1.165, 1.54) is 0 Å². The van der Waals surface area contributed by atoms with Gasteiger partial charge in [0.05, 0.1) is 0 Å². The Morgan fingerprint density at radius 2 is 2.27 bits per heavy atom. The maximum Gasteiger partial charge on any atom is 0.320 e. The highest BCUT2D eigenvalue weighted by molar-refractivity contribution is 7.80. The maximum atomic E-state index is 10.3. The van der Waals surface area contributed by atoms with E-state index in [1.54, 1.807) is 0 Å². The summed E-state index contributed by atoms with van der Waals surface area (Å²) >= 11 is 4.91. The Kier molecular flexibility index (Phi) is 4.98. The molecular weight excluding hydrogens is 162 g/mol. The topological polar surface area (TPSA) is 63.3 Å². The third-order valence-electron chi connectivity index (χ3n) is 1.29. The standard InChI is InChI=1S/C7H13NO2S/c1-2-3-5(11)4-6(8)7(9)10/h6H,2-4,8H2,1H3,(H,9,10)/t6-/m0/s1. The van der Waals surface area contributed by atoms with E-state index in [4.69, 9.17) is 23.1 Å². The van der Waals surface area contributed by atoms with Gasteiger partial charge in [0.15, 0.2) is 0 Å². The van der Waals surface area contributed by atoms with Crippen LogP contribution in [-0.2, 0) is 4.79 Å². The first kappa shape index (κ1) is 10.5. The highest BCUT2D eigenvalue weighted by atomic mass is 32.1. The maximum absolute atomic E-state index is 10.3. The van der Waals surface area contributed by atoms with Crippen molar-refractivity contribution in [3.8, 4) is 0 Å². The first-order chi connectivity index (χ1) is 5.07. The molecule has 0 aromatic carbocycles. The van der Waals surface area contributed by atoms with E-state index in [9.17, 15) is 4.79 Å². The van der Waals surface area contributed by atoms with Crippen molar-refractivity contribution in [2.45, 2.75) is 32.2 Å². The van der Waals surface area contributed by atoms with Crippen LogP contribution >= 0.6 is 12.2 Å². The molecule has 0 spiro atoms. The van der Waals surface area contributed by atoms with Crippen LogP contribution in [-0.4, -0.2) is 22.0 Å². The first-order valence-corrected chi connectivity index (χ1v) is 3.98. The molecule has 64 valence electrons. The number of hydrogen-bond donors (Lipinski definition) is 2. The molecule has 0 saturated carbocycles. The van der Waals surface area contributed by atoms with Crippen molar-refractivity contribution in [2.24, 2.45) is 5.73 Å². The number of carboxylic acids is 1. The molecule has 4 heteroatoms. The van der Waals surface area contributed by atoms with Gasteiger partial charge in [-0.1, -0.05) is 25.6 Å². The Balaban J connectivity index is 3.66. The second kappa shape index (κ2) is 5.21. The van der Waals surface area contributed by atoms with Gasteiger partial charge < -0.3 is 10.8 Å². The van der Waals surface area contributed by atoms with Crippen molar-refractivity contribution in [1.29, 1.82) is 0 Å². The van der Waals surface area contributed by atoms with Gasteiger partial charge in [0.25, 0.3) is 0 Å². The highest BCUT2D eigenvalue weighted by Crippen LogP contribution is 1.99. The quantitative estimate of drug-likeness (QED) is 0.611. The lowest BCUT2D eigenvalue weighted by atomic mass is 10.1. The van der Waals surface area contributed by atoms with E-state index in [0.717, 1.165) is 17.7 Å². The number of thiocarbonyl (C=S) groups is 1. The molecule has 0 rings (SSSR count). The van der Waals surface area contributed by atoms with Crippen molar-refractivity contribution in [3.63, 3.8) is 0 Å². The molecule has 3 N–H and O–H groups in total. The van der Waals surface area contributed by atoms with Crippen molar-refractivity contribution < 1.29 is 9.90 Å². The molecule has 0 aliphatic heterocycles. The molecule has 3 nitrogen and oxygen atoms in total. The van der Waals surface area contributed by atoms with Crippen LogP contribution in [0.1, 0.15) is 26.2 Å². The Bertz CT molecular complexity index is 159. The number of carbonyl (C=O) groups is 1. The van der Waals surface area contributed by atoms with Crippen LogP contribution < -0.4 is 5.73 Å². The summed E-state index contributed by atoms with van der Waals surface area (Å²) in [6.45, 7) is 2.00. The second-order valence-corrected chi connectivity index (χ2v) is 3.01. The van der Waals surface area contributed by atoms with Crippen molar-refractivity contribution in [2.75, 3.05) is 0 Å². The summed E-state index contributed by atoms with van der Waals surface area (Å²) in [5.74, 6) is -0.983. The third-order valence-corrected chi connectivity index (χ3v) is 1.66. The van der Waals surface area contributed by atoms with Crippen LogP contribution in [0.4, 0.5) is 0 Å². The zero-order valence-corrected chi connectivity index (χ0v) is 7.36. The summed E-state index contributed by atoms with van der Waals surface area (Å²) in [6, 6.07) is -0.825. The molecule has 0 aromatic heterocycles. The molecule has 0 radical (unpaired) electrons. The number of carboxylic acid groups (broad SMARTS) is 1.